The third kappa shape index (κ3) is 6.02. The van der Waals surface area contributed by atoms with Crippen LogP contribution in [-0.2, 0) is 14.3 Å². The Morgan fingerprint density at radius 2 is 1.45 bits per heavy atom. The van der Waals surface area contributed by atoms with Crippen molar-refractivity contribution in [1.29, 1.82) is 0 Å². The van der Waals surface area contributed by atoms with E-state index in [2.05, 4.69) is 5.32 Å². The highest BCUT2D eigenvalue weighted by molar-refractivity contribution is 6.09. The van der Waals surface area contributed by atoms with Crippen LogP contribution < -0.4 is 10.1 Å². The van der Waals surface area contributed by atoms with Gasteiger partial charge in [0, 0.05) is 16.8 Å². The van der Waals surface area contributed by atoms with Crippen LogP contribution in [-0.4, -0.2) is 30.9 Å². The molecule has 0 saturated heterocycles. The van der Waals surface area contributed by atoms with E-state index in [0.717, 1.165) is 11.1 Å². The Balaban J connectivity index is 1.44. The van der Waals surface area contributed by atoms with E-state index >= 15 is 0 Å². The van der Waals surface area contributed by atoms with Gasteiger partial charge in [0.1, 0.15) is 5.75 Å². The average molecular weight is 417 g/mol. The van der Waals surface area contributed by atoms with Crippen LogP contribution in [0, 0.1) is 13.8 Å². The van der Waals surface area contributed by atoms with Crippen molar-refractivity contribution in [3.05, 3.63) is 95.1 Å². The maximum absolute atomic E-state index is 12.4. The average Bonchev–Trinajstić information content (AvgIpc) is 2.80. The smallest absolute Gasteiger partial charge is 0.344 e. The van der Waals surface area contributed by atoms with Gasteiger partial charge in [0.25, 0.3) is 5.91 Å². The molecule has 0 aromatic heterocycles. The summed E-state index contributed by atoms with van der Waals surface area (Å²) in [5.74, 6) is -0.769. The highest BCUT2D eigenvalue weighted by Crippen LogP contribution is 2.18. The molecule has 3 rings (SSSR count). The molecule has 1 amide bonds. The van der Waals surface area contributed by atoms with Gasteiger partial charge in [-0.25, -0.2) is 4.79 Å². The Kier molecular flexibility index (Phi) is 7.17. The number of esters is 1. The van der Waals surface area contributed by atoms with Crippen molar-refractivity contribution in [3.8, 4) is 5.75 Å². The Morgan fingerprint density at radius 1 is 0.774 bits per heavy atom. The summed E-state index contributed by atoms with van der Waals surface area (Å²) in [5.41, 5.74) is 3.81. The zero-order valence-corrected chi connectivity index (χ0v) is 17.4. The zero-order valence-electron chi connectivity index (χ0n) is 17.4. The van der Waals surface area contributed by atoms with Gasteiger partial charge >= 0.3 is 5.97 Å². The van der Waals surface area contributed by atoms with E-state index in [4.69, 9.17) is 9.47 Å². The number of rotatable bonds is 8. The summed E-state index contributed by atoms with van der Waals surface area (Å²) in [6.45, 7) is 3.11. The molecule has 0 unspecified atom stereocenters. The van der Waals surface area contributed by atoms with Crippen LogP contribution in [0.2, 0.25) is 0 Å². The van der Waals surface area contributed by atoms with Gasteiger partial charge in [-0.3, -0.25) is 9.59 Å². The first kappa shape index (κ1) is 21.8. The molecule has 0 bridgehead atoms. The predicted molar refractivity (Wildman–Crippen MR) is 117 cm³/mol. The molecular weight excluding hydrogens is 394 g/mol. The summed E-state index contributed by atoms with van der Waals surface area (Å²) < 4.78 is 10.3. The minimum absolute atomic E-state index is 0.0959. The van der Waals surface area contributed by atoms with Gasteiger partial charge < -0.3 is 14.8 Å². The van der Waals surface area contributed by atoms with E-state index in [1.54, 1.807) is 54.6 Å². The molecule has 0 aliphatic heterocycles. The summed E-state index contributed by atoms with van der Waals surface area (Å²) in [4.78, 5) is 36.3. The van der Waals surface area contributed by atoms with Gasteiger partial charge in [0.05, 0.1) is 0 Å². The Bertz CT molecular complexity index is 1070. The van der Waals surface area contributed by atoms with E-state index in [1.165, 1.54) is 0 Å². The zero-order chi connectivity index (χ0) is 22.2. The van der Waals surface area contributed by atoms with Crippen LogP contribution in [0.5, 0.6) is 5.75 Å². The molecule has 6 heteroatoms. The van der Waals surface area contributed by atoms with Gasteiger partial charge in [-0.1, -0.05) is 42.5 Å². The Hall–Kier alpha value is -3.93. The van der Waals surface area contributed by atoms with Crippen molar-refractivity contribution in [3.63, 3.8) is 0 Å². The molecule has 0 spiro atoms. The standard InChI is InChI=1S/C25H23NO5/c1-17-7-6-10-22(18(17)2)26-23(27)15-31-24(28)16-30-21-13-11-20(12-14-21)25(29)19-8-4-3-5-9-19/h3-14H,15-16H2,1-2H3,(H,26,27). The molecule has 1 N–H and O–H groups in total. The minimum atomic E-state index is -0.666. The molecule has 0 saturated carbocycles. The van der Waals surface area contributed by atoms with Crippen LogP contribution in [0.25, 0.3) is 0 Å². The summed E-state index contributed by atoms with van der Waals surface area (Å²) in [6, 6.07) is 21.0. The van der Waals surface area contributed by atoms with Gasteiger partial charge in [0.2, 0.25) is 0 Å². The second-order valence-electron chi connectivity index (χ2n) is 6.96. The summed E-state index contributed by atoms with van der Waals surface area (Å²) >= 11 is 0. The number of carbonyl (C=O) groups is 3. The number of ketones is 1. The summed E-state index contributed by atoms with van der Waals surface area (Å²) in [7, 11) is 0. The van der Waals surface area contributed by atoms with Crippen LogP contribution in [0.1, 0.15) is 27.0 Å². The van der Waals surface area contributed by atoms with Gasteiger partial charge in [-0.2, -0.15) is 0 Å². The maximum atomic E-state index is 12.4. The minimum Gasteiger partial charge on any atom is -0.482 e. The first-order chi connectivity index (χ1) is 14.9. The lowest BCUT2D eigenvalue weighted by molar-refractivity contribution is -0.149. The number of aryl methyl sites for hydroxylation is 1. The lowest BCUT2D eigenvalue weighted by Gasteiger charge is -2.11. The number of hydrogen-bond donors (Lipinski definition) is 1. The Labute approximate surface area is 180 Å². The molecule has 0 aliphatic carbocycles. The van der Waals surface area contributed by atoms with Crippen LogP contribution in [0.4, 0.5) is 5.69 Å². The number of nitrogens with one attached hydrogen (secondary N) is 1. The third-order valence-corrected chi connectivity index (χ3v) is 4.75. The second-order valence-corrected chi connectivity index (χ2v) is 6.96. The molecule has 3 aromatic rings. The number of ether oxygens (including phenoxy) is 2. The number of amides is 1. The van der Waals surface area contributed by atoms with Crippen molar-refractivity contribution >= 4 is 23.3 Å². The topological polar surface area (TPSA) is 81.7 Å². The first-order valence-electron chi connectivity index (χ1n) is 9.78. The first-order valence-corrected chi connectivity index (χ1v) is 9.78. The predicted octanol–water partition coefficient (Wildman–Crippen LogP) is 4.10. The number of carbonyl (C=O) groups excluding carboxylic acids is 3. The molecule has 0 atom stereocenters. The van der Waals surface area contributed by atoms with E-state index in [9.17, 15) is 14.4 Å². The lowest BCUT2D eigenvalue weighted by Crippen LogP contribution is -2.24. The quantitative estimate of drug-likeness (QED) is 0.441. The molecule has 0 aliphatic rings. The maximum Gasteiger partial charge on any atom is 0.344 e. The van der Waals surface area contributed by atoms with Crippen molar-refractivity contribution in [2.45, 2.75) is 13.8 Å². The van der Waals surface area contributed by atoms with Gasteiger partial charge in [-0.05, 0) is 55.3 Å². The number of anilines is 1. The molecule has 0 fully saturated rings. The summed E-state index contributed by atoms with van der Waals surface area (Å²) in [5, 5.41) is 2.72. The van der Waals surface area contributed by atoms with Gasteiger partial charge in [0.15, 0.2) is 19.0 Å². The third-order valence-electron chi connectivity index (χ3n) is 4.75. The van der Waals surface area contributed by atoms with Gasteiger partial charge in [-0.15, -0.1) is 0 Å². The number of benzene rings is 3. The SMILES string of the molecule is Cc1cccc(NC(=O)COC(=O)COc2ccc(C(=O)c3ccccc3)cc2)c1C. The molecule has 3 aromatic carbocycles. The Morgan fingerprint density at radius 3 is 2.16 bits per heavy atom. The van der Waals surface area contributed by atoms with Crippen molar-refractivity contribution < 1.29 is 23.9 Å². The second kappa shape index (κ2) is 10.2. The molecule has 6 nitrogen and oxygen atoms in total. The van der Waals surface area contributed by atoms with Crippen molar-refractivity contribution in [2.24, 2.45) is 0 Å². The molecule has 31 heavy (non-hydrogen) atoms. The molecular formula is C25H23NO5. The normalized spacial score (nSPS) is 10.3. The lowest BCUT2D eigenvalue weighted by atomic mass is 10.0. The van der Waals surface area contributed by atoms with Crippen molar-refractivity contribution in [2.75, 3.05) is 18.5 Å². The van der Waals surface area contributed by atoms with E-state index < -0.39 is 18.5 Å². The van der Waals surface area contributed by atoms with Crippen LogP contribution in [0.3, 0.4) is 0 Å². The fourth-order valence-corrected chi connectivity index (χ4v) is 2.86. The number of hydrogen-bond acceptors (Lipinski definition) is 5. The molecule has 0 radical (unpaired) electrons. The van der Waals surface area contributed by atoms with E-state index in [1.807, 2.05) is 32.0 Å². The molecule has 0 heterocycles. The van der Waals surface area contributed by atoms with E-state index in [-0.39, 0.29) is 12.4 Å². The van der Waals surface area contributed by atoms with Crippen LogP contribution >= 0.6 is 0 Å². The fraction of sp³-hybridized carbons (Fsp3) is 0.160. The van der Waals surface area contributed by atoms with Crippen molar-refractivity contribution in [1.82, 2.24) is 0 Å². The van der Waals surface area contributed by atoms with Crippen LogP contribution in [0.15, 0.2) is 72.8 Å². The largest absolute Gasteiger partial charge is 0.482 e. The highest BCUT2D eigenvalue weighted by atomic mass is 16.6. The fourth-order valence-electron chi connectivity index (χ4n) is 2.86. The van der Waals surface area contributed by atoms with E-state index in [0.29, 0.717) is 22.6 Å². The monoisotopic (exact) mass is 417 g/mol. The summed E-state index contributed by atoms with van der Waals surface area (Å²) in [6.07, 6.45) is 0. The highest BCUT2D eigenvalue weighted by Gasteiger charge is 2.12. The molecule has 158 valence electrons.